The fourth-order valence-corrected chi connectivity index (χ4v) is 3.55. The SMILES string of the molecule is CC1CCC(N(C)Cc2c(O)ccc3ccccc23)CC1. The summed E-state index contributed by atoms with van der Waals surface area (Å²) in [6.45, 7) is 3.18. The number of hydrogen-bond acceptors (Lipinski definition) is 2. The van der Waals surface area contributed by atoms with E-state index in [1.807, 2.05) is 18.2 Å². The largest absolute Gasteiger partial charge is 0.508 e. The first kappa shape index (κ1) is 14.4. The third-order valence-corrected chi connectivity index (χ3v) is 5.03. The Morgan fingerprint density at radius 1 is 1.05 bits per heavy atom. The summed E-state index contributed by atoms with van der Waals surface area (Å²) in [5.41, 5.74) is 1.06. The summed E-state index contributed by atoms with van der Waals surface area (Å²) in [5.74, 6) is 1.30. The van der Waals surface area contributed by atoms with Gasteiger partial charge in [-0.25, -0.2) is 0 Å². The lowest BCUT2D eigenvalue weighted by Gasteiger charge is -2.34. The molecule has 21 heavy (non-hydrogen) atoms. The van der Waals surface area contributed by atoms with E-state index in [2.05, 4.69) is 37.1 Å². The van der Waals surface area contributed by atoms with Crippen molar-refractivity contribution in [3.05, 3.63) is 42.0 Å². The second-order valence-corrected chi connectivity index (χ2v) is 6.61. The monoisotopic (exact) mass is 283 g/mol. The normalized spacial score (nSPS) is 22.8. The summed E-state index contributed by atoms with van der Waals surface area (Å²) < 4.78 is 0. The van der Waals surface area contributed by atoms with Gasteiger partial charge in [0.05, 0.1) is 0 Å². The lowest BCUT2D eigenvalue weighted by Crippen LogP contribution is -2.34. The van der Waals surface area contributed by atoms with E-state index in [0.717, 1.165) is 18.0 Å². The Labute approximate surface area is 127 Å². The molecule has 0 atom stereocenters. The van der Waals surface area contributed by atoms with Gasteiger partial charge in [-0.15, -0.1) is 0 Å². The zero-order valence-electron chi connectivity index (χ0n) is 13.0. The van der Waals surface area contributed by atoms with Crippen LogP contribution in [0, 0.1) is 5.92 Å². The average molecular weight is 283 g/mol. The number of aromatic hydroxyl groups is 1. The molecule has 3 rings (SSSR count). The van der Waals surface area contributed by atoms with Crippen molar-refractivity contribution in [1.82, 2.24) is 4.90 Å². The highest BCUT2D eigenvalue weighted by atomic mass is 16.3. The molecule has 2 aromatic carbocycles. The van der Waals surface area contributed by atoms with E-state index in [4.69, 9.17) is 0 Å². The van der Waals surface area contributed by atoms with E-state index in [1.165, 1.54) is 36.5 Å². The van der Waals surface area contributed by atoms with Crippen LogP contribution in [0.1, 0.15) is 38.2 Å². The zero-order valence-corrected chi connectivity index (χ0v) is 13.0. The predicted octanol–water partition coefficient (Wildman–Crippen LogP) is 4.56. The van der Waals surface area contributed by atoms with Gasteiger partial charge in [-0.2, -0.15) is 0 Å². The van der Waals surface area contributed by atoms with E-state index in [-0.39, 0.29) is 0 Å². The minimum absolute atomic E-state index is 0.421. The van der Waals surface area contributed by atoms with Gasteiger partial charge in [0.2, 0.25) is 0 Å². The van der Waals surface area contributed by atoms with Gasteiger partial charge < -0.3 is 5.11 Å². The van der Waals surface area contributed by atoms with Crippen molar-refractivity contribution in [2.24, 2.45) is 5.92 Å². The molecule has 1 aliphatic rings. The van der Waals surface area contributed by atoms with Crippen molar-refractivity contribution < 1.29 is 5.11 Å². The number of benzene rings is 2. The molecule has 2 aromatic rings. The molecule has 0 saturated heterocycles. The first-order valence-corrected chi connectivity index (χ1v) is 8.05. The first-order chi connectivity index (χ1) is 10.1. The van der Waals surface area contributed by atoms with Gasteiger partial charge in [0.1, 0.15) is 5.75 Å². The molecule has 1 fully saturated rings. The lowest BCUT2D eigenvalue weighted by atomic mass is 9.86. The minimum atomic E-state index is 0.421. The maximum Gasteiger partial charge on any atom is 0.120 e. The highest BCUT2D eigenvalue weighted by Crippen LogP contribution is 2.31. The fourth-order valence-electron chi connectivity index (χ4n) is 3.55. The molecule has 0 radical (unpaired) electrons. The molecule has 2 heteroatoms. The molecule has 1 saturated carbocycles. The van der Waals surface area contributed by atoms with Crippen molar-refractivity contribution in [2.45, 2.75) is 45.2 Å². The Morgan fingerprint density at radius 3 is 2.52 bits per heavy atom. The van der Waals surface area contributed by atoms with Gasteiger partial charge in [0, 0.05) is 18.2 Å². The molecular weight excluding hydrogens is 258 g/mol. The molecule has 0 aromatic heterocycles. The summed E-state index contributed by atoms with van der Waals surface area (Å²) in [7, 11) is 2.20. The number of phenols is 1. The van der Waals surface area contributed by atoms with Crippen LogP contribution in [0.4, 0.5) is 0 Å². The molecule has 0 bridgehead atoms. The fraction of sp³-hybridized carbons (Fsp3) is 0.474. The summed E-state index contributed by atoms with van der Waals surface area (Å²) in [6, 6.07) is 12.8. The number of hydrogen-bond donors (Lipinski definition) is 1. The second kappa shape index (κ2) is 6.07. The van der Waals surface area contributed by atoms with Crippen molar-refractivity contribution in [1.29, 1.82) is 0 Å². The van der Waals surface area contributed by atoms with Crippen LogP contribution in [0.3, 0.4) is 0 Å². The van der Waals surface area contributed by atoms with Gasteiger partial charge >= 0.3 is 0 Å². The van der Waals surface area contributed by atoms with Crippen LogP contribution in [-0.4, -0.2) is 23.1 Å². The minimum Gasteiger partial charge on any atom is -0.508 e. The Morgan fingerprint density at radius 2 is 1.76 bits per heavy atom. The number of fused-ring (bicyclic) bond motifs is 1. The van der Waals surface area contributed by atoms with E-state index in [0.29, 0.717) is 11.8 Å². The average Bonchev–Trinajstić information content (AvgIpc) is 2.51. The quantitative estimate of drug-likeness (QED) is 0.893. The molecule has 0 spiro atoms. The van der Waals surface area contributed by atoms with Crippen LogP contribution in [0.2, 0.25) is 0 Å². The number of phenolic OH excluding ortho intramolecular Hbond substituents is 1. The Kier molecular flexibility index (Phi) is 4.16. The van der Waals surface area contributed by atoms with Gasteiger partial charge in [-0.1, -0.05) is 37.3 Å². The Bertz CT molecular complexity index is 614. The molecule has 0 amide bonds. The number of nitrogens with zero attached hydrogens (tertiary/aromatic N) is 1. The maximum absolute atomic E-state index is 10.3. The summed E-state index contributed by atoms with van der Waals surface area (Å²) in [4.78, 5) is 2.42. The molecule has 0 aliphatic heterocycles. The van der Waals surface area contributed by atoms with Crippen LogP contribution >= 0.6 is 0 Å². The number of rotatable bonds is 3. The summed E-state index contributed by atoms with van der Waals surface area (Å²) in [5, 5.41) is 12.7. The molecule has 1 N–H and O–H groups in total. The van der Waals surface area contributed by atoms with Crippen LogP contribution in [0.15, 0.2) is 36.4 Å². The highest BCUT2D eigenvalue weighted by molar-refractivity contribution is 5.87. The smallest absolute Gasteiger partial charge is 0.120 e. The second-order valence-electron chi connectivity index (χ2n) is 6.61. The van der Waals surface area contributed by atoms with Gasteiger partial charge in [-0.3, -0.25) is 4.90 Å². The van der Waals surface area contributed by atoms with Crippen molar-refractivity contribution in [3.8, 4) is 5.75 Å². The summed E-state index contributed by atoms with van der Waals surface area (Å²) >= 11 is 0. The van der Waals surface area contributed by atoms with Crippen molar-refractivity contribution in [2.75, 3.05) is 7.05 Å². The molecule has 1 aliphatic carbocycles. The van der Waals surface area contributed by atoms with Crippen molar-refractivity contribution in [3.63, 3.8) is 0 Å². The van der Waals surface area contributed by atoms with E-state index < -0.39 is 0 Å². The molecule has 112 valence electrons. The Hall–Kier alpha value is -1.54. The molecular formula is C19H25NO. The first-order valence-electron chi connectivity index (χ1n) is 8.05. The molecule has 0 unspecified atom stereocenters. The van der Waals surface area contributed by atoms with E-state index in [1.54, 1.807) is 0 Å². The maximum atomic E-state index is 10.3. The van der Waals surface area contributed by atoms with Gasteiger partial charge in [0.15, 0.2) is 0 Å². The lowest BCUT2D eigenvalue weighted by molar-refractivity contribution is 0.163. The van der Waals surface area contributed by atoms with Crippen molar-refractivity contribution >= 4 is 10.8 Å². The predicted molar refractivity (Wildman–Crippen MR) is 88.5 cm³/mol. The Balaban J connectivity index is 1.82. The molecule has 0 heterocycles. The third-order valence-electron chi connectivity index (χ3n) is 5.03. The van der Waals surface area contributed by atoms with Crippen LogP contribution in [0.25, 0.3) is 10.8 Å². The highest BCUT2D eigenvalue weighted by Gasteiger charge is 2.22. The van der Waals surface area contributed by atoms with Crippen LogP contribution < -0.4 is 0 Å². The summed E-state index contributed by atoms with van der Waals surface area (Å²) in [6.07, 6.45) is 5.22. The standard InChI is InChI=1S/C19H25NO/c1-14-7-10-16(11-8-14)20(2)13-18-17-6-4-3-5-15(17)9-12-19(18)21/h3-6,9,12,14,16,21H,7-8,10-11,13H2,1-2H3. The van der Waals surface area contributed by atoms with E-state index >= 15 is 0 Å². The zero-order chi connectivity index (χ0) is 14.8. The third kappa shape index (κ3) is 3.06. The van der Waals surface area contributed by atoms with Gasteiger partial charge in [0.25, 0.3) is 0 Å². The van der Waals surface area contributed by atoms with E-state index in [9.17, 15) is 5.11 Å². The van der Waals surface area contributed by atoms with Gasteiger partial charge in [-0.05, 0) is 55.5 Å². The van der Waals surface area contributed by atoms with Crippen LogP contribution in [-0.2, 0) is 6.54 Å². The van der Waals surface area contributed by atoms with Crippen LogP contribution in [0.5, 0.6) is 5.75 Å². The topological polar surface area (TPSA) is 23.5 Å². The molecule has 2 nitrogen and oxygen atoms in total.